The first kappa shape index (κ1) is 21.5. The van der Waals surface area contributed by atoms with Gasteiger partial charge in [-0.25, -0.2) is 9.67 Å². The molecule has 1 aliphatic rings. The van der Waals surface area contributed by atoms with Crippen LogP contribution >= 0.6 is 0 Å². The van der Waals surface area contributed by atoms with Gasteiger partial charge in [0.05, 0.1) is 22.2 Å². The number of likely N-dealkylation sites (N-methyl/N-ethyl adjacent to an activating group) is 1. The maximum atomic E-state index is 13.4. The van der Waals surface area contributed by atoms with Crippen LogP contribution in [0, 0.1) is 6.92 Å². The Balaban J connectivity index is 1.67. The number of benzene rings is 1. The van der Waals surface area contributed by atoms with Crippen molar-refractivity contribution in [3.8, 4) is 0 Å². The van der Waals surface area contributed by atoms with Crippen LogP contribution < -0.4 is 5.32 Å². The minimum absolute atomic E-state index is 0.105. The lowest BCUT2D eigenvalue weighted by atomic mass is 10.1. The molecule has 0 unspecified atom stereocenters. The van der Waals surface area contributed by atoms with Crippen LogP contribution in [-0.4, -0.2) is 46.2 Å². The molecule has 1 aromatic carbocycles. The second-order valence-electron chi connectivity index (χ2n) is 9.94. The number of carbonyl (C=O) groups excluding carboxylic acids is 1. The van der Waals surface area contributed by atoms with Crippen molar-refractivity contribution in [3.63, 3.8) is 0 Å². The molecule has 6 nitrogen and oxygen atoms in total. The zero-order valence-corrected chi connectivity index (χ0v) is 19.5. The molecule has 0 atom stereocenters. The molecule has 1 N–H and O–H groups in total. The van der Waals surface area contributed by atoms with E-state index in [2.05, 4.69) is 57.2 Å². The molecule has 2 heterocycles. The standard InChI is InChI=1S/C25H33N5O/c1-16-22-20(24(31)26-19-11-7-17(8-12-19)13-14-29(5)6)15-21(18-9-10-18)27-23(22)30(28-16)25(2,3)4/h7-8,11-12,15,18H,9-10,13-14H2,1-6H3,(H,26,31). The van der Waals surface area contributed by atoms with E-state index in [1.165, 1.54) is 5.56 Å². The molecule has 0 aliphatic heterocycles. The quantitative estimate of drug-likeness (QED) is 0.627. The van der Waals surface area contributed by atoms with Crippen LogP contribution in [0.15, 0.2) is 30.3 Å². The summed E-state index contributed by atoms with van der Waals surface area (Å²) < 4.78 is 1.96. The van der Waals surface area contributed by atoms with Crippen LogP contribution in [0.25, 0.3) is 11.0 Å². The first-order valence-corrected chi connectivity index (χ1v) is 11.1. The Labute approximate surface area is 184 Å². The van der Waals surface area contributed by atoms with E-state index in [1.54, 1.807) is 0 Å². The molecule has 1 saturated carbocycles. The fourth-order valence-corrected chi connectivity index (χ4v) is 3.85. The van der Waals surface area contributed by atoms with E-state index < -0.39 is 0 Å². The molecule has 31 heavy (non-hydrogen) atoms. The number of pyridine rings is 1. The van der Waals surface area contributed by atoms with Gasteiger partial charge >= 0.3 is 0 Å². The largest absolute Gasteiger partial charge is 0.322 e. The Kier molecular flexibility index (Phi) is 5.60. The van der Waals surface area contributed by atoms with Crippen molar-refractivity contribution < 1.29 is 4.79 Å². The number of rotatable bonds is 6. The van der Waals surface area contributed by atoms with Gasteiger partial charge in [0.15, 0.2) is 5.65 Å². The van der Waals surface area contributed by atoms with Gasteiger partial charge in [0, 0.05) is 23.8 Å². The van der Waals surface area contributed by atoms with E-state index in [0.717, 1.165) is 53.9 Å². The van der Waals surface area contributed by atoms with Gasteiger partial charge in [0.1, 0.15) is 0 Å². The number of carbonyl (C=O) groups is 1. The van der Waals surface area contributed by atoms with Crippen molar-refractivity contribution in [1.82, 2.24) is 19.7 Å². The van der Waals surface area contributed by atoms with Crippen LogP contribution in [0.5, 0.6) is 0 Å². The van der Waals surface area contributed by atoms with Gasteiger partial charge in [0.25, 0.3) is 5.91 Å². The summed E-state index contributed by atoms with van der Waals surface area (Å²) in [7, 11) is 4.15. The van der Waals surface area contributed by atoms with E-state index in [4.69, 9.17) is 10.1 Å². The highest BCUT2D eigenvalue weighted by Gasteiger charge is 2.30. The Morgan fingerprint density at radius 2 is 1.87 bits per heavy atom. The third-order valence-electron chi connectivity index (χ3n) is 5.77. The number of hydrogen-bond acceptors (Lipinski definition) is 4. The number of fused-ring (bicyclic) bond motifs is 1. The summed E-state index contributed by atoms with van der Waals surface area (Å²) in [6.07, 6.45) is 3.26. The predicted molar refractivity (Wildman–Crippen MR) is 126 cm³/mol. The van der Waals surface area contributed by atoms with Crippen LogP contribution in [0.4, 0.5) is 5.69 Å². The minimum atomic E-state index is -0.210. The smallest absolute Gasteiger partial charge is 0.256 e. The molecule has 6 heteroatoms. The van der Waals surface area contributed by atoms with Gasteiger partial charge in [-0.3, -0.25) is 4.79 Å². The molecule has 3 aromatic rings. The zero-order valence-electron chi connectivity index (χ0n) is 19.5. The average molecular weight is 420 g/mol. The summed E-state index contributed by atoms with van der Waals surface area (Å²) in [5.41, 5.74) is 5.16. The lowest BCUT2D eigenvalue weighted by Crippen LogP contribution is -2.23. The number of aryl methyl sites for hydroxylation is 1. The van der Waals surface area contributed by atoms with Gasteiger partial charge in [-0.2, -0.15) is 5.10 Å². The highest BCUT2D eigenvalue weighted by atomic mass is 16.1. The third-order valence-corrected chi connectivity index (χ3v) is 5.77. The molecule has 164 valence electrons. The predicted octanol–water partition coefficient (Wildman–Crippen LogP) is 4.73. The summed E-state index contributed by atoms with van der Waals surface area (Å²) in [4.78, 5) is 20.5. The van der Waals surface area contributed by atoms with Gasteiger partial charge in [-0.15, -0.1) is 0 Å². The summed E-state index contributed by atoms with van der Waals surface area (Å²) in [5.74, 6) is 0.349. The average Bonchev–Trinajstić information content (AvgIpc) is 3.49. The van der Waals surface area contributed by atoms with Gasteiger partial charge < -0.3 is 10.2 Å². The molecule has 0 bridgehead atoms. The number of anilines is 1. The molecule has 0 saturated heterocycles. The molecule has 1 fully saturated rings. The fourth-order valence-electron chi connectivity index (χ4n) is 3.85. The van der Waals surface area contributed by atoms with Crippen molar-refractivity contribution in [2.45, 2.75) is 58.4 Å². The number of aromatic nitrogens is 3. The van der Waals surface area contributed by atoms with E-state index in [1.807, 2.05) is 29.8 Å². The highest BCUT2D eigenvalue weighted by Crippen LogP contribution is 2.41. The SMILES string of the molecule is Cc1nn(C(C)(C)C)c2nc(C3CC3)cc(C(=O)Nc3ccc(CCN(C)C)cc3)c12. The molecule has 1 aliphatic carbocycles. The second-order valence-corrected chi connectivity index (χ2v) is 9.94. The Morgan fingerprint density at radius 3 is 2.45 bits per heavy atom. The molecule has 0 radical (unpaired) electrons. The van der Waals surface area contributed by atoms with E-state index in [-0.39, 0.29) is 11.4 Å². The minimum Gasteiger partial charge on any atom is -0.322 e. The van der Waals surface area contributed by atoms with Crippen LogP contribution in [0.2, 0.25) is 0 Å². The Morgan fingerprint density at radius 1 is 1.19 bits per heavy atom. The van der Waals surface area contributed by atoms with Crippen molar-refractivity contribution in [2.24, 2.45) is 0 Å². The van der Waals surface area contributed by atoms with Crippen molar-refractivity contribution in [2.75, 3.05) is 26.0 Å². The first-order chi connectivity index (χ1) is 14.6. The van der Waals surface area contributed by atoms with E-state index >= 15 is 0 Å². The molecule has 4 rings (SSSR count). The molecular weight excluding hydrogens is 386 g/mol. The van der Waals surface area contributed by atoms with Crippen LogP contribution in [0.3, 0.4) is 0 Å². The number of hydrogen-bond donors (Lipinski definition) is 1. The highest BCUT2D eigenvalue weighted by molar-refractivity contribution is 6.12. The lowest BCUT2D eigenvalue weighted by molar-refractivity contribution is 0.102. The Hall–Kier alpha value is -2.73. The number of nitrogens with one attached hydrogen (secondary N) is 1. The summed E-state index contributed by atoms with van der Waals surface area (Å²) >= 11 is 0. The molecule has 0 spiro atoms. The van der Waals surface area contributed by atoms with E-state index in [0.29, 0.717) is 11.5 Å². The summed E-state index contributed by atoms with van der Waals surface area (Å²) in [6.45, 7) is 9.30. The normalized spacial score (nSPS) is 14.4. The maximum Gasteiger partial charge on any atom is 0.256 e. The second kappa shape index (κ2) is 8.08. The first-order valence-electron chi connectivity index (χ1n) is 11.1. The van der Waals surface area contributed by atoms with Crippen LogP contribution in [-0.2, 0) is 12.0 Å². The monoisotopic (exact) mass is 419 g/mol. The van der Waals surface area contributed by atoms with Crippen LogP contribution in [0.1, 0.15) is 66.8 Å². The summed E-state index contributed by atoms with van der Waals surface area (Å²) in [5, 5.41) is 8.69. The number of amides is 1. The maximum absolute atomic E-state index is 13.4. The zero-order chi connectivity index (χ0) is 22.3. The third kappa shape index (κ3) is 4.64. The summed E-state index contributed by atoms with van der Waals surface area (Å²) in [6, 6.07) is 10.1. The van der Waals surface area contributed by atoms with Crippen molar-refractivity contribution in [3.05, 3.63) is 52.8 Å². The topological polar surface area (TPSA) is 63.1 Å². The van der Waals surface area contributed by atoms with Crippen molar-refractivity contribution in [1.29, 1.82) is 0 Å². The fraction of sp³-hybridized carbons (Fsp3) is 0.480. The van der Waals surface area contributed by atoms with E-state index in [9.17, 15) is 4.79 Å². The Bertz CT molecular complexity index is 1100. The number of nitrogens with zero attached hydrogens (tertiary/aromatic N) is 4. The van der Waals surface area contributed by atoms with Crippen molar-refractivity contribution >= 4 is 22.6 Å². The molecular formula is C25H33N5O. The van der Waals surface area contributed by atoms with Gasteiger partial charge in [-0.1, -0.05) is 12.1 Å². The lowest BCUT2D eigenvalue weighted by Gasteiger charge is -2.20. The van der Waals surface area contributed by atoms with Gasteiger partial charge in [-0.05, 0) is 84.8 Å². The molecule has 1 amide bonds. The van der Waals surface area contributed by atoms with Gasteiger partial charge in [0.2, 0.25) is 0 Å². The molecule has 2 aromatic heterocycles.